The summed E-state index contributed by atoms with van der Waals surface area (Å²) < 4.78 is 0. The second-order valence-electron chi connectivity index (χ2n) is 3.92. The van der Waals surface area contributed by atoms with Gasteiger partial charge in [0, 0.05) is 12.0 Å². The van der Waals surface area contributed by atoms with Crippen LogP contribution in [0, 0.1) is 0 Å². The molecular weight excluding hydrogens is 178 g/mol. The Kier molecular flexibility index (Phi) is 2.63. The van der Waals surface area contributed by atoms with Gasteiger partial charge in [0.2, 0.25) is 0 Å². The Morgan fingerprint density at radius 3 is 2.71 bits per heavy atom. The van der Waals surface area contributed by atoms with Crippen molar-refractivity contribution in [2.24, 2.45) is 0 Å². The van der Waals surface area contributed by atoms with Crippen LogP contribution in [0.3, 0.4) is 0 Å². The summed E-state index contributed by atoms with van der Waals surface area (Å²) in [7, 11) is 2.14. The van der Waals surface area contributed by atoms with Gasteiger partial charge < -0.3 is 4.90 Å². The molecule has 0 aromatic carbocycles. The Morgan fingerprint density at radius 2 is 2.14 bits per heavy atom. The second kappa shape index (κ2) is 3.92. The minimum Gasteiger partial charge on any atom is -0.306 e. The Labute approximate surface area is 82.9 Å². The maximum Gasteiger partial charge on any atom is 0.264 e. The van der Waals surface area contributed by atoms with Crippen LogP contribution in [0.1, 0.15) is 24.5 Å². The lowest BCUT2D eigenvalue weighted by atomic mass is 9.94. The van der Waals surface area contributed by atoms with Crippen molar-refractivity contribution in [1.82, 2.24) is 15.1 Å². The van der Waals surface area contributed by atoms with Gasteiger partial charge in [0.05, 0.1) is 5.69 Å². The van der Waals surface area contributed by atoms with Crippen molar-refractivity contribution < 1.29 is 0 Å². The summed E-state index contributed by atoms with van der Waals surface area (Å²) in [4.78, 5) is 13.2. The summed E-state index contributed by atoms with van der Waals surface area (Å²) in [6, 6.07) is 3.40. The van der Waals surface area contributed by atoms with Crippen LogP contribution in [0.25, 0.3) is 0 Å². The van der Waals surface area contributed by atoms with E-state index in [0.29, 0.717) is 5.92 Å². The molecule has 4 heteroatoms. The zero-order valence-corrected chi connectivity index (χ0v) is 8.36. The number of rotatable bonds is 1. The van der Waals surface area contributed by atoms with Gasteiger partial charge in [-0.25, -0.2) is 5.10 Å². The standard InChI is InChI=1S/C10H15N3O/c1-13-6-4-8(5-7-13)9-2-3-10(14)12-11-9/h2-3,8H,4-7H2,1H3,(H,12,14). The van der Waals surface area contributed by atoms with E-state index >= 15 is 0 Å². The molecule has 4 nitrogen and oxygen atoms in total. The molecule has 2 heterocycles. The number of nitrogens with one attached hydrogen (secondary N) is 1. The topological polar surface area (TPSA) is 49.0 Å². The summed E-state index contributed by atoms with van der Waals surface area (Å²) >= 11 is 0. The molecule has 0 unspecified atom stereocenters. The molecule has 1 N–H and O–H groups in total. The summed E-state index contributed by atoms with van der Waals surface area (Å²) in [5, 5.41) is 6.56. The first-order chi connectivity index (χ1) is 6.75. The molecule has 0 radical (unpaired) electrons. The van der Waals surface area contributed by atoms with Crippen molar-refractivity contribution in [3.8, 4) is 0 Å². The first-order valence-corrected chi connectivity index (χ1v) is 5.00. The predicted molar refractivity (Wildman–Crippen MR) is 54.3 cm³/mol. The molecule has 14 heavy (non-hydrogen) atoms. The molecule has 0 bridgehead atoms. The SMILES string of the molecule is CN1CCC(c2ccc(=O)[nH]n2)CC1. The van der Waals surface area contributed by atoms with Crippen LogP contribution in [0.5, 0.6) is 0 Å². The maximum atomic E-state index is 10.8. The molecule has 1 aliphatic rings. The molecule has 1 fully saturated rings. The van der Waals surface area contributed by atoms with Gasteiger partial charge in [0.25, 0.3) is 5.56 Å². The third-order valence-corrected chi connectivity index (χ3v) is 2.84. The molecule has 0 atom stereocenters. The van der Waals surface area contributed by atoms with Gasteiger partial charge in [-0.15, -0.1) is 0 Å². The Morgan fingerprint density at radius 1 is 1.43 bits per heavy atom. The molecule has 0 aliphatic carbocycles. The number of piperidine rings is 1. The van der Waals surface area contributed by atoms with Gasteiger partial charge in [-0.1, -0.05) is 0 Å². The summed E-state index contributed by atoms with van der Waals surface area (Å²) in [5.41, 5.74) is 0.902. The molecule has 0 saturated carbocycles. The van der Waals surface area contributed by atoms with Crippen LogP contribution in [0.15, 0.2) is 16.9 Å². The fraction of sp³-hybridized carbons (Fsp3) is 0.600. The van der Waals surface area contributed by atoms with Gasteiger partial charge >= 0.3 is 0 Å². The van der Waals surface area contributed by atoms with Crippen molar-refractivity contribution in [3.05, 3.63) is 28.2 Å². The van der Waals surface area contributed by atoms with Crippen molar-refractivity contribution in [3.63, 3.8) is 0 Å². The van der Waals surface area contributed by atoms with Gasteiger partial charge in [0.15, 0.2) is 0 Å². The van der Waals surface area contributed by atoms with Crippen molar-refractivity contribution >= 4 is 0 Å². The fourth-order valence-electron chi connectivity index (χ4n) is 1.89. The van der Waals surface area contributed by atoms with Crippen LogP contribution in [0.4, 0.5) is 0 Å². The number of aromatic nitrogens is 2. The third kappa shape index (κ3) is 2.01. The van der Waals surface area contributed by atoms with Crippen LogP contribution < -0.4 is 5.56 Å². The summed E-state index contributed by atoms with van der Waals surface area (Å²) in [6.07, 6.45) is 2.27. The third-order valence-electron chi connectivity index (χ3n) is 2.84. The van der Waals surface area contributed by atoms with Crippen LogP contribution in [-0.2, 0) is 0 Å². The van der Waals surface area contributed by atoms with E-state index in [4.69, 9.17) is 0 Å². The quantitative estimate of drug-likeness (QED) is 0.709. The van der Waals surface area contributed by atoms with Gasteiger partial charge in [0.1, 0.15) is 0 Å². The fourth-order valence-corrected chi connectivity index (χ4v) is 1.89. The van der Waals surface area contributed by atoms with E-state index in [0.717, 1.165) is 31.6 Å². The Bertz CT molecular complexity index is 332. The lowest BCUT2D eigenvalue weighted by molar-refractivity contribution is 0.253. The number of H-pyrrole nitrogens is 1. The van der Waals surface area contributed by atoms with E-state index in [9.17, 15) is 4.79 Å². The zero-order valence-electron chi connectivity index (χ0n) is 8.36. The van der Waals surface area contributed by atoms with E-state index < -0.39 is 0 Å². The number of hydrogen-bond donors (Lipinski definition) is 1. The van der Waals surface area contributed by atoms with Gasteiger partial charge in [-0.05, 0) is 39.0 Å². The van der Waals surface area contributed by atoms with Crippen molar-refractivity contribution in [2.45, 2.75) is 18.8 Å². The van der Waals surface area contributed by atoms with Crippen LogP contribution in [0.2, 0.25) is 0 Å². The molecule has 1 aromatic heterocycles. The lowest BCUT2D eigenvalue weighted by Crippen LogP contribution is -2.29. The molecule has 2 rings (SSSR count). The molecule has 76 valence electrons. The lowest BCUT2D eigenvalue weighted by Gasteiger charge is -2.28. The smallest absolute Gasteiger partial charge is 0.264 e. The van der Waals surface area contributed by atoms with Gasteiger partial charge in [-0.3, -0.25) is 4.79 Å². The number of hydrogen-bond acceptors (Lipinski definition) is 3. The highest BCUT2D eigenvalue weighted by Gasteiger charge is 2.19. The zero-order chi connectivity index (χ0) is 9.97. The van der Waals surface area contributed by atoms with Crippen LogP contribution >= 0.6 is 0 Å². The average Bonchev–Trinajstić information content (AvgIpc) is 2.21. The van der Waals surface area contributed by atoms with E-state index in [1.165, 1.54) is 0 Å². The number of likely N-dealkylation sites (tertiary alicyclic amines) is 1. The molecular formula is C10H15N3O. The van der Waals surface area contributed by atoms with Crippen molar-refractivity contribution in [2.75, 3.05) is 20.1 Å². The van der Waals surface area contributed by atoms with Crippen molar-refractivity contribution in [1.29, 1.82) is 0 Å². The number of nitrogens with zero attached hydrogens (tertiary/aromatic N) is 2. The largest absolute Gasteiger partial charge is 0.306 e. The molecule has 1 aliphatic heterocycles. The first kappa shape index (κ1) is 9.40. The Hall–Kier alpha value is -1.16. The molecule has 1 saturated heterocycles. The predicted octanol–water partition coefficient (Wildman–Crippen LogP) is 0.579. The van der Waals surface area contributed by atoms with E-state index in [-0.39, 0.29) is 5.56 Å². The highest BCUT2D eigenvalue weighted by Crippen LogP contribution is 2.24. The molecule has 0 amide bonds. The normalized spacial score (nSPS) is 19.8. The van der Waals surface area contributed by atoms with Gasteiger partial charge in [-0.2, -0.15) is 5.10 Å². The summed E-state index contributed by atoms with van der Waals surface area (Å²) in [5.74, 6) is 0.517. The average molecular weight is 193 g/mol. The first-order valence-electron chi connectivity index (χ1n) is 5.00. The van der Waals surface area contributed by atoms with E-state index in [2.05, 4.69) is 22.1 Å². The second-order valence-corrected chi connectivity index (χ2v) is 3.92. The maximum absolute atomic E-state index is 10.8. The highest BCUT2D eigenvalue weighted by atomic mass is 16.1. The molecule has 1 aromatic rings. The van der Waals surface area contributed by atoms with Crippen LogP contribution in [-0.4, -0.2) is 35.2 Å². The van der Waals surface area contributed by atoms with E-state index in [1.807, 2.05) is 6.07 Å². The summed E-state index contributed by atoms with van der Waals surface area (Å²) in [6.45, 7) is 2.23. The highest BCUT2D eigenvalue weighted by molar-refractivity contribution is 5.07. The minimum absolute atomic E-state index is 0.123. The molecule has 0 spiro atoms. The van der Waals surface area contributed by atoms with E-state index in [1.54, 1.807) is 6.07 Å². The number of aromatic amines is 1. The Balaban J connectivity index is 2.08. The monoisotopic (exact) mass is 193 g/mol. The minimum atomic E-state index is -0.123.